The summed E-state index contributed by atoms with van der Waals surface area (Å²) in [4.78, 5) is 15.2. The van der Waals surface area contributed by atoms with Crippen molar-refractivity contribution in [1.82, 2.24) is 15.0 Å². The normalized spacial score (nSPS) is 13.0. The van der Waals surface area contributed by atoms with Crippen LogP contribution in [0.15, 0.2) is 229 Å². The van der Waals surface area contributed by atoms with Crippen LogP contribution in [0.3, 0.4) is 0 Å². The van der Waals surface area contributed by atoms with E-state index in [1.54, 1.807) is 0 Å². The molecule has 4 nitrogen and oxygen atoms in total. The second-order valence-corrected chi connectivity index (χ2v) is 17.4. The minimum absolute atomic E-state index is 0.403. The van der Waals surface area contributed by atoms with Gasteiger partial charge in [-0.1, -0.05) is 206 Å². The quantitative estimate of drug-likeness (QED) is 0.173. The van der Waals surface area contributed by atoms with Gasteiger partial charge in [-0.3, -0.25) is 0 Å². The third-order valence-corrected chi connectivity index (χ3v) is 14.0. The molecular formula is C62H37N3O. The van der Waals surface area contributed by atoms with Gasteiger partial charge in [0.2, 0.25) is 0 Å². The molecule has 2 aliphatic carbocycles. The lowest BCUT2D eigenvalue weighted by Gasteiger charge is -2.30. The van der Waals surface area contributed by atoms with Crippen molar-refractivity contribution >= 4 is 32.7 Å². The predicted molar refractivity (Wildman–Crippen MR) is 268 cm³/mol. The average Bonchev–Trinajstić information content (AvgIpc) is 4.03. The third kappa shape index (κ3) is 5.18. The van der Waals surface area contributed by atoms with Crippen molar-refractivity contribution in [3.63, 3.8) is 0 Å². The van der Waals surface area contributed by atoms with Gasteiger partial charge in [0, 0.05) is 27.5 Å². The molecule has 2 heterocycles. The van der Waals surface area contributed by atoms with Crippen LogP contribution in [0.25, 0.3) is 111 Å². The summed E-state index contributed by atoms with van der Waals surface area (Å²) in [5, 5.41) is 4.38. The van der Waals surface area contributed by atoms with E-state index in [1.807, 2.05) is 72.8 Å². The SMILES string of the molecule is c1ccc(-c2nc(-c3ccccc3)nc(-c3cccc4oc5ccc(-c6ccc(-c7cccc8c7-c7ccccc7C87c8ccccc8-c8ccccc87)c7ccccc67)cc5c34)n2)cc1. The van der Waals surface area contributed by atoms with Gasteiger partial charge in [0.25, 0.3) is 0 Å². The number of fused-ring (bicyclic) bond motifs is 14. The van der Waals surface area contributed by atoms with Gasteiger partial charge in [0.15, 0.2) is 17.5 Å². The van der Waals surface area contributed by atoms with E-state index in [4.69, 9.17) is 19.4 Å². The Hall–Kier alpha value is -8.73. The third-order valence-electron chi connectivity index (χ3n) is 14.0. The summed E-state index contributed by atoms with van der Waals surface area (Å²) in [5.41, 5.74) is 19.3. The minimum atomic E-state index is -0.403. The number of furan rings is 1. The summed E-state index contributed by atoms with van der Waals surface area (Å²) in [7, 11) is 0. The summed E-state index contributed by atoms with van der Waals surface area (Å²) < 4.78 is 6.58. The van der Waals surface area contributed by atoms with E-state index in [2.05, 4.69) is 152 Å². The molecule has 2 aromatic heterocycles. The number of aromatic nitrogens is 3. The van der Waals surface area contributed by atoms with Crippen LogP contribution in [0.1, 0.15) is 22.3 Å². The van der Waals surface area contributed by atoms with E-state index in [0.29, 0.717) is 17.5 Å². The first-order valence-electron chi connectivity index (χ1n) is 22.5. The predicted octanol–water partition coefficient (Wildman–Crippen LogP) is 15.6. The standard InChI is InChI=1S/C62H37N3O/c1-3-17-38(18-4-1)59-63-60(39-19-5-2-6-20-39)65-61(64-59)49-27-16-32-56-58(49)50-37-40(33-36-55(50)66-56)41-34-35-44(43-22-8-7-21-42(41)43)47-26-15-31-54-57(47)48-25-11-14-30-53(48)62(54)51-28-12-9-23-45(51)46-24-10-13-29-52(46)62/h1-37H. The molecule has 0 fully saturated rings. The molecule has 4 heteroatoms. The van der Waals surface area contributed by atoms with Crippen LogP contribution in [0.5, 0.6) is 0 Å². The number of rotatable bonds is 5. The van der Waals surface area contributed by atoms with Crippen molar-refractivity contribution in [2.45, 2.75) is 5.41 Å². The number of benzene rings is 10. The number of hydrogen-bond acceptors (Lipinski definition) is 4. The van der Waals surface area contributed by atoms with Gasteiger partial charge < -0.3 is 4.42 Å². The van der Waals surface area contributed by atoms with Crippen LogP contribution < -0.4 is 0 Å². The Morgan fingerprint density at radius 2 is 0.788 bits per heavy atom. The van der Waals surface area contributed by atoms with Crippen LogP contribution in [-0.2, 0) is 5.41 Å². The molecule has 14 rings (SSSR count). The maximum Gasteiger partial charge on any atom is 0.164 e. The molecule has 0 aliphatic heterocycles. The fourth-order valence-electron chi connectivity index (χ4n) is 11.3. The fraction of sp³-hybridized carbons (Fsp3) is 0.0161. The first-order chi connectivity index (χ1) is 32.7. The lowest BCUT2D eigenvalue weighted by molar-refractivity contribution is 0.669. The second-order valence-electron chi connectivity index (χ2n) is 17.4. The van der Waals surface area contributed by atoms with E-state index < -0.39 is 5.41 Å². The van der Waals surface area contributed by atoms with Crippen LogP contribution in [0, 0.1) is 0 Å². The van der Waals surface area contributed by atoms with Crippen molar-refractivity contribution in [1.29, 1.82) is 0 Å². The molecule has 0 unspecified atom stereocenters. The molecule has 12 aromatic rings. The number of nitrogens with zero attached hydrogens (tertiary/aromatic N) is 3. The van der Waals surface area contributed by atoms with Crippen LogP contribution in [0.4, 0.5) is 0 Å². The molecule has 0 saturated heterocycles. The first kappa shape index (κ1) is 36.7. The maximum absolute atomic E-state index is 6.58. The van der Waals surface area contributed by atoms with Gasteiger partial charge in [-0.2, -0.15) is 0 Å². The minimum Gasteiger partial charge on any atom is -0.456 e. The van der Waals surface area contributed by atoms with Gasteiger partial charge in [-0.25, -0.2) is 15.0 Å². The summed E-state index contributed by atoms with van der Waals surface area (Å²) in [6.45, 7) is 0. The lowest BCUT2D eigenvalue weighted by atomic mass is 9.70. The van der Waals surface area contributed by atoms with Crippen molar-refractivity contribution in [2.24, 2.45) is 0 Å². The molecule has 2 aliphatic rings. The Morgan fingerprint density at radius 3 is 1.47 bits per heavy atom. The van der Waals surface area contributed by atoms with Crippen LogP contribution >= 0.6 is 0 Å². The largest absolute Gasteiger partial charge is 0.456 e. The van der Waals surface area contributed by atoms with Crippen molar-refractivity contribution in [3.8, 4) is 78.7 Å². The van der Waals surface area contributed by atoms with E-state index in [9.17, 15) is 0 Å². The lowest BCUT2D eigenvalue weighted by Crippen LogP contribution is -2.25. The van der Waals surface area contributed by atoms with Gasteiger partial charge in [0.1, 0.15) is 11.2 Å². The molecule has 1 spiro atoms. The summed E-state index contributed by atoms with van der Waals surface area (Å²) in [6.07, 6.45) is 0. The first-order valence-corrected chi connectivity index (χ1v) is 22.5. The topological polar surface area (TPSA) is 51.8 Å². The molecule has 0 atom stereocenters. The molecule has 66 heavy (non-hydrogen) atoms. The van der Waals surface area contributed by atoms with Gasteiger partial charge in [-0.05, 0) is 95.7 Å². The monoisotopic (exact) mass is 839 g/mol. The summed E-state index contributed by atoms with van der Waals surface area (Å²) >= 11 is 0. The van der Waals surface area contributed by atoms with Gasteiger partial charge in [-0.15, -0.1) is 0 Å². The zero-order valence-electron chi connectivity index (χ0n) is 35.6. The van der Waals surface area contributed by atoms with E-state index in [1.165, 1.54) is 66.4 Å². The summed E-state index contributed by atoms with van der Waals surface area (Å²) in [6, 6.07) is 80.5. The van der Waals surface area contributed by atoms with Crippen molar-refractivity contribution in [2.75, 3.05) is 0 Å². The second kappa shape index (κ2) is 14.1. The molecule has 306 valence electrons. The molecule has 10 aromatic carbocycles. The average molecular weight is 840 g/mol. The summed E-state index contributed by atoms with van der Waals surface area (Å²) in [5.74, 6) is 1.84. The fourth-order valence-corrected chi connectivity index (χ4v) is 11.3. The Balaban J connectivity index is 0.947. The van der Waals surface area contributed by atoms with E-state index >= 15 is 0 Å². The molecule has 0 saturated carbocycles. The molecule has 0 amide bonds. The highest BCUT2D eigenvalue weighted by Crippen LogP contribution is 2.64. The van der Waals surface area contributed by atoms with Gasteiger partial charge >= 0.3 is 0 Å². The number of hydrogen-bond donors (Lipinski definition) is 0. The van der Waals surface area contributed by atoms with Crippen LogP contribution in [0.2, 0.25) is 0 Å². The Morgan fingerprint density at radius 1 is 0.288 bits per heavy atom. The Kier molecular flexibility index (Phi) is 7.87. The van der Waals surface area contributed by atoms with Crippen LogP contribution in [-0.4, -0.2) is 15.0 Å². The van der Waals surface area contributed by atoms with Crippen molar-refractivity contribution in [3.05, 3.63) is 247 Å². The highest BCUT2D eigenvalue weighted by Gasteiger charge is 2.52. The molecular weight excluding hydrogens is 803 g/mol. The Labute approximate surface area is 381 Å². The zero-order chi connectivity index (χ0) is 43.3. The molecule has 0 radical (unpaired) electrons. The van der Waals surface area contributed by atoms with Gasteiger partial charge in [0.05, 0.1) is 5.41 Å². The highest BCUT2D eigenvalue weighted by molar-refractivity contribution is 6.14. The van der Waals surface area contributed by atoms with E-state index in [0.717, 1.165) is 49.8 Å². The molecule has 0 bridgehead atoms. The maximum atomic E-state index is 6.58. The van der Waals surface area contributed by atoms with E-state index in [-0.39, 0.29) is 0 Å². The highest BCUT2D eigenvalue weighted by atomic mass is 16.3. The smallest absolute Gasteiger partial charge is 0.164 e. The van der Waals surface area contributed by atoms with Crippen molar-refractivity contribution < 1.29 is 4.42 Å². The zero-order valence-corrected chi connectivity index (χ0v) is 35.6. The molecule has 0 N–H and O–H groups in total. The Bertz CT molecular complexity index is 3840.